The highest BCUT2D eigenvalue weighted by atomic mass is 19.1. The number of halogens is 1. The molecule has 3 rings (SSSR count). The number of rotatable bonds is 8. The first-order valence-electron chi connectivity index (χ1n) is 10.8. The van der Waals surface area contributed by atoms with Crippen LogP contribution in [0.3, 0.4) is 0 Å². The van der Waals surface area contributed by atoms with Crippen molar-refractivity contribution in [2.45, 2.75) is 46.7 Å². The van der Waals surface area contributed by atoms with E-state index in [0.29, 0.717) is 18.2 Å². The predicted octanol–water partition coefficient (Wildman–Crippen LogP) is 4.05. The average Bonchev–Trinajstić information content (AvgIpc) is 2.99. The number of pyridine rings is 1. The Balaban J connectivity index is 1.60. The van der Waals surface area contributed by atoms with E-state index in [1.807, 2.05) is 31.6 Å². The lowest BCUT2D eigenvalue weighted by Crippen LogP contribution is -2.43. The number of nitrogens with zero attached hydrogens (tertiary/aromatic N) is 4. The number of benzene rings is 1. The zero-order valence-electron chi connectivity index (χ0n) is 19.3. The molecule has 32 heavy (non-hydrogen) atoms. The Labute approximate surface area is 188 Å². The largest absolute Gasteiger partial charge is 0.439 e. The van der Waals surface area contributed by atoms with Crippen molar-refractivity contribution in [1.82, 2.24) is 25.4 Å². The van der Waals surface area contributed by atoms with E-state index in [2.05, 4.69) is 39.6 Å². The standard InChI is InChI=1S/C24H31FN6O/c1-6-26-24(29-16(2)12-22-17(3)30-31(5)18(22)4)28-15-19-10-11-23(27-14-19)32-21-9-7-8-20(25)13-21/h7-11,13-14,16H,6,12,15H2,1-5H3,(H2,26,28,29). The maximum Gasteiger partial charge on any atom is 0.219 e. The Morgan fingerprint density at radius 3 is 2.69 bits per heavy atom. The van der Waals surface area contributed by atoms with Gasteiger partial charge in [-0.3, -0.25) is 4.68 Å². The fourth-order valence-electron chi connectivity index (χ4n) is 3.41. The van der Waals surface area contributed by atoms with E-state index in [4.69, 9.17) is 4.74 Å². The highest BCUT2D eigenvalue weighted by molar-refractivity contribution is 5.80. The zero-order valence-corrected chi connectivity index (χ0v) is 19.3. The molecule has 2 N–H and O–H groups in total. The minimum atomic E-state index is -0.347. The van der Waals surface area contributed by atoms with Crippen LogP contribution in [-0.2, 0) is 20.0 Å². The molecule has 0 fully saturated rings. The van der Waals surface area contributed by atoms with E-state index < -0.39 is 0 Å². The number of hydrogen-bond donors (Lipinski definition) is 2. The van der Waals surface area contributed by atoms with Gasteiger partial charge in [-0.15, -0.1) is 0 Å². The highest BCUT2D eigenvalue weighted by Gasteiger charge is 2.14. The molecule has 1 aromatic carbocycles. The van der Waals surface area contributed by atoms with Crippen molar-refractivity contribution in [3.8, 4) is 11.6 Å². The molecule has 1 unspecified atom stereocenters. The van der Waals surface area contributed by atoms with Crippen LogP contribution in [0.15, 0.2) is 47.6 Å². The third-order valence-corrected chi connectivity index (χ3v) is 5.13. The molecule has 0 amide bonds. The molecule has 8 heteroatoms. The summed E-state index contributed by atoms with van der Waals surface area (Å²) in [6, 6.07) is 9.83. The lowest BCUT2D eigenvalue weighted by Gasteiger charge is -2.18. The van der Waals surface area contributed by atoms with E-state index in [-0.39, 0.29) is 11.9 Å². The first-order valence-corrected chi connectivity index (χ1v) is 10.8. The molecule has 2 aromatic heterocycles. The Bertz CT molecular complexity index is 1060. The number of hydrogen-bond acceptors (Lipinski definition) is 4. The quantitative estimate of drug-likeness (QED) is 0.410. The van der Waals surface area contributed by atoms with Crippen LogP contribution in [0.1, 0.15) is 36.4 Å². The van der Waals surface area contributed by atoms with Gasteiger partial charge in [0.2, 0.25) is 5.88 Å². The maximum absolute atomic E-state index is 13.3. The summed E-state index contributed by atoms with van der Waals surface area (Å²) in [5.74, 6) is 1.22. The summed E-state index contributed by atoms with van der Waals surface area (Å²) in [5.41, 5.74) is 4.46. The normalized spacial score (nSPS) is 12.5. The molecule has 0 radical (unpaired) electrons. The lowest BCUT2D eigenvalue weighted by atomic mass is 10.1. The van der Waals surface area contributed by atoms with Crippen molar-refractivity contribution in [2.75, 3.05) is 6.54 Å². The summed E-state index contributed by atoms with van der Waals surface area (Å²) in [6.07, 6.45) is 2.58. The molecule has 170 valence electrons. The van der Waals surface area contributed by atoms with Crippen LogP contribution in [0.2, 0.25) is 0 Å². The van der Waals surface area contributed by atoms with Crippen molar-refractivity contribution < 1.29 is 9.13 Å². The molecule has 3 aromatic rings. The smallest absolute Gasteiger partial charge is 0.219 e. The summed E-state index contributed by atoms with van der Waals surface area (Å²) in [7, 11) is 1.97. The summed E-state index contributed by atoms with van der Waals surface area (Å²) in [4.78, 5) is 8.99. The zero-order chi connectivity index (χ0) is 23.1. The van der Waals surface area contributed by atoms with E-state index in [0.717, 1.165) is 30.2 Å². The number of ether oxygens (including phenoxy) is 1. The van der Waals surface area contributed by atoms with Gasteiger partial charge < -0.3 is 15.4 Å². The first kappa shape index (κ1) is 23.2. The highest BCUT2D eigenvalue weighted by Crippen LogP contribution is 2.20. The van der Waals surface area contributed by atoms with Gasteiger partial charge in [0.1, 0.15) is 11.6 Å². The van der Waals surface area contributed by atoms with E-state index in [9.17, 15) is 4.39 Å². The minimum absolute atomic E-state index is 0.189. The molecule has 0 aliphatic rings. The third kappa shape index (κ3) is 6.29. The molecule has 0 aliphatic heterocycles. The second-order valence-electron chi connectivity index (χ2n) is 7.78. The van der Waals surface area contributed by atoms with Gasteiger partial charge in [-0.05, 0) is 57.4 Å². The monoisotopic (exact) mass is 438 g/mol. The SMILES string of the molecule is CCNC(=NCc1ccc(Oc2cccc(F)c2)nc1)NC(C)Cc1c(C)nn(C)c1C. The van der Waals surface area contributed by atoms with E-state index in [1.54, 1.807) is 24.4 Å². The molecule has 0 spiro atoms. The van der Waals surface area contributed by atoms with Crippen LogP contribution in [0.4, 0.5) is 4.39 Å². The van der Waals surface area contributed by atoms with E-state index in [1.165, 1.54) is 23.4 Å². The fraction of sp³-hybridized carbons (Fsp3) is 0.375. The van der Waals surface area contributed by atoms with Gasteiger partial charge in [0.25, 0.3) is 0 Å². The van der Waals surface area contributed by atoms with Crippen LogP contribution in [0.25, 0.3) is 0 Å². The summed E-state index contributed by atoms with van der Waals surface area (Å²) in [5, 5.41) is 11.3. The fourth-order valence-corrected chi connectivity index (χ4v) is 3.41. The Kier molecular flexibility index (Phi) is 7.81. The molecule has 2 heterocycles. The minimum Gasteiger partial charge on any atom is -0.439 e. The van der Waals surface area contributed by atoms with Crippen molar-refractivity contribution in [3.05, 3.63) is 70.9 Å². The van der Waals surface area contributed by atoms with Gasteiger partial charge in [0, 0.05) is 43.7 Å². The summed E-state index contributed by atoms with van der Waals surface area (Å²) < 4.78 is 20.8. The maximum atomic E-state index is 13.3. The van der Waals surface area contributed by atoms with Gasteiger partial charge in [0.05, 0.1) is 12.2 Å². The molecular formula is C24H31FN6O. The van der Waals surface area contributed by atoms with Gasteiger partial charge >= 0.3 is 0 Å². The molecule has 0 saturated carbocycles. The van der Waals surface area contributed by atoms with E-state index >= 15 is 0 Å². The van der Waals surface area contributed by atoms with Crippen molar-refractivity contribution in [3.63, 3.8) is 0 Å². The molecule has 0 aliphatic carbocycles. The van der Waals surface area contributed by atoms with Crippen LogP contribution < -0.4 is 15.4 Å². The Morgan fingerprint density at radius 1 is 1.25 bits per heavy atom. The van der Waals surface area contributed by atoms with Gasteiger partial charge in [0.15, 0.2) is 5.96 Å². The molecule has 1 atom stereocenters. The van der Waals surface area contributed by atoms with Gasteiger partial charge in [-0.2, -0.15) is 5.10 Å². The average molecular weight is 439 g/mol. The summed E-state index contributed by atoms with van der Waals surface area (Å²) >= 11 is 0. The number of nitrogens with one attached hydrogen (secondary N) is 2. The van der Waals surface area contributed by atoms with Crippen molar-refractivity contribution >= 4 is 5.96 Å². The number of aromatic nitrogens is 3. The van der Waals surface area contributed by atoms with Gasteiger partial charge in [-0.25, -0.2) is 14.4 Å². The second kappa shape index (κ2) is 10.7. The molecule has 0 saturated heterocycles. The lowest BCUT2D eigenvalue weighted by molar-refractivity contribution is 0.457. The van der Waals surface area contributed by atoms with Crippen LogP contribution >= 0.6 is 0 Å². The third-order valence-electron chi connectivity index (χ3n) is 5.13. The molecular weight excluding hydrogens is 407 g/mol. The van der Waals surface area contributed by atoms with Gasteiger partial charge in [-0.1, -0.05) is 12.1 Å². The molecule has 0 bridgehead atoms. The predicted molar refractivity (Wildman–Crippen MR) is 125 cm³/mol. The summed E-state index contributed by atoms with van der Waals surface area (Å²) in [6.45, 7) is 9.55. The molecule has 7 nitrogen and oxygen atoms in total. The Morgan fingerprint density at radius 2 is 2.06 bits per heavy atom. The van der Waals surface area contributed by atoms with Crippen molar-refractivity contribution in [1.29, 1.82) is 0 Å². The van der Waals surface area contributed by atoms with Crippen LogP contribution in [-0.4, -0.2) is 33.3 Å². The first-order chi connectivity index (χ1) is 15.4. The van der Waals surface area contributed by atoms with Crippen LogP contribution in [0, 0.1) is 19.7 Å². The Hall–Kier alpha value is -3.42. The topological polar surface area (TPSA) is 76.4 Å². The second-order valence-corrected chi connectivity index (χ2v) is 7.78. The van der Waals surface area contributed by atoms with Crippen molar-refractivity contribution in [2.24, 2.45) is 12.0 Å². The number of aliphatic imine (C=N–C) groups is 1. The van der Waals surface area contributed by atoms with Crippen LogP contribution in [0.5, 0.6) is 11.6 Å². The number of guanidine groups is 1. The number of aryl methyl sites for hydroxylation is 2.